The molecule has 2 heteroatoms. The van der Waals surface area contributed by atoms with Crippen LogP contribution in [0.15, 0.2) is 11.3 Å². The molecule has 0 bridgehead atoms. The standard InChI is InChI=1S/C20H40O2/c1-16(2)9-6-10-17(3)11-7-12-18(4)13-8-14-19(5)20(22)15-21/h16-18,21-22H,6-15H2,1-5H3/b20-19-/t17-,18-/m1/s1. The van der Waals surface area contributed by atoms with Gasteiger partial charge in [-0.2, -0.15) is 0 Å². The molecule has 0 fully saturated rings. The fourth-order valence-electron chi connectivity index (χ4n) is 2.97. The summed E-state index contributed by atoms with van der Waals surface area (Å²) in [7, 11) is 0. The number of hydrogen-bond acceptors (Lipinski definition) is 2. The van der Waals surface area contributed by atoms with Gasteiger partial charge in [0.15, 0.2) is 0 Å². The minimum atomic E-state index is -0.226. The minimum Gasteiger partial charge on any atom is -0.510 e. The summed E-state index contributed by atoms with van der Waals surface area (Å²) in [5, 5.41) is 18.3. The van der Waals surface area contributed by atoms with Crippen molar-refractivity contribution in [3.8, 4) is 0 Å². The molecule has 2 nitrogen and oxygen atoms in total. The van der Waals surface area contributed by atoms with Gasteiger partial charge in [0.1, 0.15) is 12.4 Å². The molecule has 0 aromatic heterocycles. The molecule has 0 unspecified atom stereocenters. The van der Waals surface area contributed by atoms with E-state index in [1.54, 1.807) is 0 Å². The van der Waals surface area contributed by atoms with Gasteiger partial charge in [-0.25, -0.2) is 0 Å². The molecular weight excluding hydrogens is 272 g/mol. The van der Waals surface area contributed by atoms with Crippen molar-refractivity contribution in [1.82, 2.24) is 0 Å². The van der Waals surface area contributed by atoms with Crippen LogP contribution in [-0.4, -0.2) is 16.8 Å². The summed E-state index contributed by atoms with van der Waals surface area (Å²) < 4.78 is 0. The van der Waals surface area contributed by atoms with Gasteiger partial charge >= 0.3 is 0 Å². The predicted octanol–water partition coefficient (Wildman–Crippen LogP) is 6.25. The molecule has 0 saturated heterocycles. The van der Waals surface area contributed by atoms with Crippen molar-refractivity contribution in [2.75, 3.05) is 6.61 Å². The Labute approximate surface area is 139 Å². The van der Waals surface area contributed by atoms with Crippen LogP contribution in [0.2, 0.25) is 0 Å². The first kappa shape index (κ1) is 21.5. The Bertz CT molecular complexity index is 294. The Hall–Kier alpha value is -0.500. The van der Waals surface area contributed by atoms with E-state index in [4.69, 9.17) is 5.11 Å². The molecule has 0 saturated carbocycles. The zero-order chi connectivity index (χ0) is 17.0. The number of aliphatic hydroxyl groups is 2. The molecule has 0 amide bonds. The van der Waals surface area contributed by atoms with Crippen molar-refractivity contribution < 1.29 is 10.2 Å². The summed E-state index contributed by atoms with van der Waals surface area (Å²) in [5.74, 6) is 2.64. The predicted molar refractivity (Wildman–Crippen MR) is 97.1 cm³/mol. The van der Waals surface area contributed by atoms with Gasteiger partial charge in [0.05, 0.1) is 0 Å². The number of rotatable bonds is 13. The first-order chi connectivity index (χ1) is 10.4. The third-order valence-corrected chi connectivity index (χ3v) is 4.76. The highest BCUT2D eigenvalue weighted by atomic mass is 16.3. The molecular formula is C20H40O2. The average molecular weight is 313 g/mol. The van der Waals surface area contributed by atoms with Crippen LogP contribution in [-0.2, 0) is 0 Å². The molecule has 2 atom stereocenters. The summed E-state index contributed by atoms with van der Waals surface area (Å²) >= 11 is 0. The highest BCUT2D eigenvalue weighted by molar-refractivity contribution is 5.04. The fourth-order valence-corrected chi connectivity index (χ4v) is 2.97. The van der Waals surface area contributed by atoms with Gasteiger partial charge in [-0.1, -0.05) is 72.6 Å². The monoisotopic (exact) mass is 312 g/mol. The summed E-state index contributed by atoms with van der Waals surface area (Å²) in [6.45, 7) is 11.0. The largest absolute Gasteiger partial charge is 0.510 e. The van der Waals surface area contributed by atoms with Gasteiger partial charge in [-0.3, -0.25) is 0 Å². The third-order valence-electron chi connectivity index (χ3n) is 4.76. The van der Waals surface area contributed by atoms with Crippen LogP contribution in [0.1, 0.15) is 92.4 Å². The molecule has 2 N–H and O–H groups in total. The molecule has 0 aromatic rings. The zero-order valence-electron chi connectivity index (χ0n) is 15.7. The highest BCUT2D eigenvalue weighted by Gasteiger charge is 2.07. The second kappa shape index (κ2) is 13.0. The van der Waals surface area contributed by atoms with E-state index in [9.17, 15) is 5.11 Å². The second-order valence-corrected chi connectivity index (χ2v) is 7.74. The van der Waals surface area contributed by atoms with Crippen LogP contribution in [0.3, 0.4) is 0 Å². The van der Waals surface area contributed by atoms with E-state index >= 15 is 0 Å². The Morgan fingerprint density at radius 2 is 1.23 bits per heavy atom. The first-order valence-corrected chi connectivity index (χ1v) is 9.35. The van der Waals surface area contributed by atoms with E-state index in [0.29, 0.717) is 0 Å². The Kier molecular flexibility index (Phi) is 12.7. The lowest BCUT2D eigenvalue weighted by Gasteiger charge is -2.15. The van der Waals surface area contributed by atoms with Crippen molar-refractivity contribution in [3.05, 3.63) is 11.3 Å². The minimum absolute atomic E-state index is 0.155. The fraction of sp³-hybridized carbons (Fsp3) is 0.900. The van der Waals surface area contributed by atoms with E-state index in [0.717, 1.165) is 36.2 Å². The molecule has 0 aliphatic rings. The molecule has 0 heterocycles. The van der Waals surface area contributed by atoms with Crippen molar-refractivity contribution in [3.63, 3.8) is 0 Å². The number of allylic oxidation sites excluding steroid dienone is 1. The molecule has 22 heavy (non-hydrogen) atoms. The lowest BCUT2D eigenvalue weighted by Crippen LogP contribution is -2.00. The first-order valence-electron chi connectivity index (χ1n) is 9.35. The van der Waals surface area contributed by atoms with Crippen molar-refractivity contribution in [2.45, 2.75) is 92.4 Å². The van der Waals surface area contributed by atoms with Crippen LogP contribution < -0.4 is 0 Å². The average Bonchev–Trinajstić information content (AvgIpc) is 2.45. The van der Waals surface area contributed by atoms with E-state index in [1.165, 1.54) is 44.9 Å². The lowest BCUT2D eigenvalue weighted by molar-refractivity contribution is 0.248. The van der Waals surface area contributed by atoms with Gasteiger partial charge in [0.2, 0.25) is 0 Å². The Morgan fingerprint density at radius 3 is 1.68 bits per heavy atom. The van der Waals surface area contributed by atoms with Crippen LogP contribution in [0, 0.1) is 17.8 Å². The van der Waals surface area contributed by atoms with Crippen molar-refractivity contribution in [2.24, 2.45) is 17.8 Å². The van der Waals surface area contributed by atoms with Crippen LogP contribution in [0.4, 0.5) is 0 Å². The van der Waals surface area contributed by atoms with Gasteiger partial charge in [-0.15, -0.1) is 0 Å². The topological polar surface area (TPSA) is 40.5 Å². The second-order valence-electron chi connectivity index (χ2n) is 7.74. The lowest BCUT2D eigenvalue weighted by atomic mass is 9.91. The zero-order valence-corrected chi connectivity index (χ0v) is 15.7. The molecule has 0 aliphatic heterocycles. The van der Waals surface area contributed by atoms with E-state index in [2.05, 4.69) is 27.7 Å². The van der Waals surface area contributed by atoms with Gasteiger partial charge in [0.25, 0.3) is 0 Å². The van der Waals surface area contributed by atoms with Crippen molar-refractivity contribution >= 4 is 0 Å². The molecule has 0 rings (SSSR count). The quantitative estimate of drug-likeness (QED) is 0.395. The maximum atomic E-state index is 9.43. The van der Waals surface area contributed by atoms with E-state index in [-0.39, 0.29) is 12.4 Å². The normalized spacial score (nSPS) is 15.8. The van der Waals surface area contributed by atoms with Crippen LogP contribution in [0.5, 0.6) is 0 Å². The van der Waals surface area contributed by atoms with Gasteiger partial charge < -0.3 is 10.2 Å². The van der Waals surface area contributed by atoms with E-state index in [1.807, 2.05) is 6.92 Å². The summed E-state index contributed by atoms with van der Waals surface area (Å²) in [6.07, 6.45) is 11.4. The smallest absolute Gasteiger partial charge is 0.117 e. The number of hydrogen-bond donors (Lipinski definition) is 2. The van der Waals surface area contributed by atoms with Crippen LogP contribution >= 0.6 is 0 Å². The van der Waals surface area contributed by atoms with Crippen molar-refractivity contribution in [1.29, 1.82) is 0 Å². The Balaban J connectivity index is 3.63. The van der Waals surface area contributed by atoms with Crippen LogP contribution in [0.25, 0.3) is 0 Å². The van der Waals surface area contributed by atoms with E-state index < -0.39 is 0 Å². The maximum Gasteiger partial charge on any atom is 0.117 e. The number of aliphatic hydroxyl groups excluding tert-OH is 2. The molecule has 0 aliphatic carbocycles. The van der Waals surface area contributed by atoms with Gasteiger partial charge in [0, 0.05) is 0 Å². The summed E-state index contributed by atoms with van der Waals surface area (Å²) in [6, 6.07) is 0. The SMILES string of the molecule is C/C(CCC[C@H](C)CCC[C@H](C)CCCC(C)C)=C(/O)CO. The summed E-state index contributed by atoms with van der Waals surface area (Å²) in [4.78, 5) is 0. The third kappa shape index (κ3) is 12.1. The summed E-state index contributed by atoms with van der Waals surface area (Å²) in [5.41, 5.74) is 0.938. The Morgan fingerprint density at radius 1 is 0.773 bits per heavy atom. The maximum absolute atomic E-state index is 9.43. The molecule has 0 spiro atoms. The van der Waals surface area contributed by atoms with Gasteiger partial charge in [-0.05, 0) is 43.1 Å². The molecule has 0 aromatic carbocycles. The molecule has 0 radical (unpaired) electrons. The highest BCUT2D eigenvalue weighted by Crippen LogP contribution is 2.22. The molecule has 132 valence electrons.